The molecule has 2 saturated heterocycles. The highest BCUT2D eigenvalue weighted by Gasteiger charge is 2.53. The summed E-state index contributed by atoms with van der Waals surface area (Å²) in [6.07, 6.45) is 4.25. The third-order valence-electron chi connectivity index (χ3n) is 6.47. The zero-order valence-electron chi connectivity index (χ0n) is 17.8. The van der Waals surface area contributed by atoms with Crippen LogP contribution in [0.5, 0.6) is 0 Å². The lowest BCUT2D eigenvalue weighted by Crippen LogP contribution is -2.47. The molecule has 0 spiro atoms. The molecule has 0 saturated carbocycles. The van der Waals surface area contributed by atoms with E-state index in [0.717, 1.165) is 4.90 Å². The van der Waals surface area contributed by atoms with Crippen LogP contribution < -0.4 is 0 Å². The summed E-state index contributed by atoms with van der Waals surface area (Å²) in [5, 5.41) is 0.347. The molecule has 32 heavy (non-hydrogen) atoms. The number of imide groups is 1. The summed E-state index contributed by atoms with van der Waals surface area (Å²) < 4.78 is 0. The smallest absolute Gasteiger partial charge is 0.240 e. The molecule has 0 radical (unpaired) electrons. The summed E-state index contributed by atoms with van der Waals surface area (Å²) in [6.45, 7) is 0.787. The molecule has 4 rings (SSSR count). The third kappa shape index (κ3) is 3.93. The minimum Gasteiger partial charge on any atom is -0.342 e. The Labute approximate surface area is 191 Å². The first-order valence-corrected chi connectivity index (χ1v) is 11.0. The van der Waals surface area contributed by atoms with Gasteiger partial charge in [0.1, 0.15) is 0 Å². The average Bonchev–Trinajstić information content (AvgIpc) is 3.03. The Balaban J connectivity index is 1.58. The number of nitrogens with zero attached hydrogens (tertiary/aromatic N) is 3. The van der Waals surface area contributed by atoms with Crippen LogP contribution >= 0.6 is 11.6 Å². The fourth-order valence-corrected chi connectivity index (χ4v) is 5.03. The zero-order chi connectivity index (χ0) is 22.9. The number of pyridine rings is 1. The quantitative estimate of drug-likeness (QED) is 0.513. The van der Waals surface area contributed by atoms with E-state index in [1.165, 1.54) is 13.2 Å². The number of benzene rings is 1. The van der Waals surface area contributed by atoms with Gasteiger partial charge in [-0.1, -0.05) is 29.8 Å². The molecule has 7 nitrogen and oxygen atoms in total. The highest BCUT2D eigenvalue weighted by Crippen LogP contribution is 2.43. The van der Waals surface area contributed by atoms with Crippen molar-refractivity contribution in [1.29, 1.82) is 0 Å². The van der Waals surface area contributed by atoms with Crippen LogP contribution in [-0.4, -0.2) is 58.4 Å². The molecule has 0 N–H and O–H groups in total. The number of carbonyl (C=O) groups excluding carboxylic acids is 4. The largest absolute Gasteiger partial charge is 0.342 e. The standard InChI is InChI=1S/C24H24ClN3O4/c1-27-20(29)12-24(23(27)32,18-8-2-3-9-19(18)25)13-21(30)28-11-5-7-17(15-28)22(31)16-6-4-10-26-14-16/h2-4,6,8-10,14,17H,5,7,11-13,15H2,1H3/t17-,24-/m1/s1. The maximum atomic E-state index is 13.4. The van der Waals surface area contributed by atoms with Crippen molar-refractivity contribution < 1.29 is 19.2 Å². The number of carbonyl (C=O) groups is 4. The van der Waals surface area contributed by atoms with Gasteiger partial charge in [0, 0.05) is 61.9 Å². The number of aromatic nitrogens is 1. The van der Waals surface area contributed by atoms with Crippen molar-refractivity contribution >= 4 is 35.1 Å². The van der Waals surface area contributed by atoms with Crippen LogP contribution in [0.2, 0.25) is 5.02 Å². The van der Waals surface area contributed by atoms with Gasteiger partial charge in [-0.05, 0) is 36.6 Å². The number of rotatable bonds is 5. The molecule has 0 aliphatic carbocycles. The molecule has 2 aliphatic rings. The van der Waals surface area contributed by atoms with Gasteiger partial charge in [-0.2, -0.15) is 0 Å². The molecule has 2 atom stereocenters. The number of Topliss-reactive ketones (excluding diaryl/α,β-unsaturated/α-hetero) is 1. The van der Waals surface area contributed by atoms with Gasteiger partial charge in [0.25, 0.3) is 0 Å². The Bertz CT molecular complexity index is 1070. The van der Waals surface area contributed by atoms with Crippen LogP contribution in [0.1, 0.15) is 41.6 Å². The molecular weight excluding hydrogens is 430 g/mol. The van der Waals surface area contributed by atoms with E-state index in [-0.39, 0.29) is 42.9 Å². The summed E-state index contributed by atoms with van der Waals surface area (Å²) in [6, 6.07) is 10.3. The van der Waals surface area contributed by atoms with E-state index in [4.69, 9.17) is 11.6 Å². The molecule has 166 valence electrons. The second kappa shape index (κ2) is 8.82. The first kappa shape index (κ1) is 22.1. The van der Waals surface area contributed by atoms with Gasteiger partial charge in [-0.15, -0.1) is 0 Å². The van der Waals surface area contributed by atoms with E-state index >= 15 is 0 Å². The molecule has 3 amide bonds. The van der Waals surface area contributed by atoms with E-state index in [0.29, 0.717) is 35.5 Å². The Morgan fingerprint density at radius 1 is 1.19 bits per heavy atom. The number of hydrogen-bond donors (Lipinski definition) is 0. The van der Waals surface area contributed by atoms with Crippen molar-refractivity contribution in [1.82, 2.24) is 14.8 Å². The van der Waals surface area contributed by atoms with Crippen LogP contribution in [0.25, 0.3) is 0 Å². The van der Waals surface area contributed by atoms with Crippen LogP contribution in [0.3, 0.4) is 0 Å². The van der Waals surface area contributed by atoms with Crippen LogP contribution in [-0.2, 0) is 19.8 Å². The van der Waals surface area contributed by atoms with Crippen molar-refractivity contribution in [3.63, 3.8) is 0 Å². The molecule has 1 aromatic carbocycles. The predicted molar refractivity (Wildman–Crippen MR) is 118 cm³/mol. The maximum Gasteiger partial charge on any atom is 0.240 e. The summed E-state index contributed by atoms with van der Waals surface area (Å²) in [5.74, 6) is -1.39. The van der Waals surface area contributed by atoms with Gasteiger partial charge < -0.3 is 4.90 Å². The van der Waals surface area contributed by atoms with E-state index in [2.05, 4.69) is 4.98 Å². The van der Waals surface area contributed by atoms with E-state index < -0.39 is 11.3 Å². The van der Waals surface area contributed by atoms with Crippen LogP contribution in [0.15, 0.2) is 48.8 Å². The second-order valence-corrected chi connectivity index (χ2v) is 8.87. The molecule has 3 heterocycles. The molecule has 0 bridgehead atoms. The average molecular weight is 454 g/mol. The van der Waals surface area contributed by atoms with E-state index in [1.807, 2.05) is 0 Å². The van der Waals surface area contributed by atoms with Crippen molar-refractivity contribution in [3.05, 3.63) is 64.9 Å². The fraction of sp³-hybridized carbons (Fsp3) is 0.375. The number of amides is 3. The highest BCUT2D eigenvalue weighted by molar-refractivity contribution is 6.32. The molecule has 2 aromatic rings. The Kier molecular flexibility index (Phi) is 6.11. The summed E-state index contributed by atoms with van der Waals surface area (Å²) in [4.78, 5) is 58.6. The van der Waals surface area contributed by atoms with Crippen molar-refractivity contribution in [3.8, 4) is 0 Å². The predicted octanol–water partition coefficient (Wildman–Crippen LogP) is 2.87. The number of likely N-dealkylation sites (N-methyl/N-ethyl adjacent to an activating group) is 1. The molecule has 8 heteroatoms. The van der Waals surface area contributed by atoms with Crippen molar-refractivity contribution in [2.75, 3.05) is 20.1 Å². The SMILES string of the molecule is CN1C(=O)C[C@@](CC(=O)N2CCC[C@@H](C(=O)c3cccnc3)C2)(c2ccccc2Cl)C1=O. The van der Waals surface area contributed by atoms with Crippen molar-refractivity contribution in [2.45, 2.75) is 31.1 Å². The van der Waals surface area contributed by atoms with Gasteiger partial charge in [-0.25, -0.2) is 0 Å². The van der Waals surface area contributed by atoms with Gasteiger partial charge in [-0.3, -0.25) is 29.1 Å². The summed E-state index contributed by atoms with van der Waals surface area (Å²) in [5.41, 5.74) is -0.322. The van der Waals surface area contributed by atoms with Crippen LogP contribution in [0, 0.1) is 5.92 Å². The lowest BCUT2D eigenvalue weighted by atomic mass is 9.75. The fourth-order valence-electron chi connectivity index (χ4n) is 4.71. The first-order valence-electron chi connectivity index (χ1n) is 10.6. The first-order chi connectivity index (χ1) is 15.3. The minimum atomic E-state index is -1.33. The van der Waals surface area contributed by atoms with Crippen molar-refractivity contribution in [2.24, 2.45) is 5.92 Å². The van der Waals surface area contributed by atoms with Crippen LogP contribution in [0.4, 0.5) is 0 Å². The Morgan fingerprint density at radius 2 is 1.97 bits per heavy atom. The van der Waals surface area contributed by atoms with Gasteiger partial charge in [0.05, 0.1) is 5.41 Å². The normalized spacial score (nSPS) is 23.5. The lowest BCUT2D eigenvalue weighted by Gasteiger charge is -2.35. The Morgan fingerprint density at radius 3 is 2.62 bits per heavy atom. The number of hydrogen-bond acceptors (Lipinski definition) is 5. The minimum absolute atomic E-state index is 0.0386. The topological polar surface area (TPSA) is 87.7 Å². The molecular formula is C24H24ClN3O4. The lowest BCUT2D eigenvalue weighted by molar-refractivity contribution is -0.142. The second-order valence-electron chi connectivity index (χ2n) is 8.46. The van der Waals surface area contributed by atoms with E-state index in [1.54, 1.807) is 47.5 Å². The maximum absolute atomic E-state index is 13.4. The number of ketones is 1. The number of piperidine rings is 1. The number of likely N-dealkylation sites (tertiary alicyclic amines) is 2. The molecule has 2 aliphatic heterocycles. The number of halogens is 1. The highest BCUT2D eigenvalue weighted by atomic mass is 35.5. The third-order valence-corrected chi connectivity index (χ3v) is 6.80. The van der Waals surface area contributed by atoms with E-state index in [9.17, 15) is 19.2 Å². The van der Waals surface area contributed by atoms with Gasteiger partial charge in [0.2, 0.25) is 17.7 Å². The molecule has 1 aromatic heterocycles. The summed E-state index contributed by atoms with van der Waals surface area (Å²) >= 11 is 6.40. The monoisotopic (exact) mass is 453 g/mol. The summed E-state index contributed by atoms with van der Waals surface area (Å²) in [7, 11) is 1.43. The van der Waals surface area contributed by atoms with Gasteiger partial charge in [0.15, 0.2) is 5.78 Å². The molecule has 2 fully saturated rings. The molecule has 0 unspecified atom stereocenters. The van der Waals surface area contributed by atoms with Gasteiger partial charge >= 0.3 is 0 Å². The zero-order valence-corrected chi connectivity index (χ0v) is 18.5. The Hall–Kier alpha value is -3.06.